The predicted octanol–water partition coefficient (Wildman–Crippen LogP) is 9.32. The zero-order valence-corrected chi connectivity index (χ0v) is 23.9. The first-order valence-corrected chi connectivity index (χ1v) is 17.7. The second-order valence-electron chi connectivity index (χ2n) is 9.65. The Bertz CT molecular complexity index is 817. The Kier molecular flexibility index (Phi) is 11.3. The average Bonchev–Trinajstić information content (AvgIpc) is 3.36. The van der Waals surface area contributed by atoms with Gasteiger partial charge in [0.25, 0.3) is 0 Å². The summed E-state index contributed by atoms with van der Waals surface area (Å²) in [5, 5.41) is 0. The quantitative estimate of drug-likeness (QED) is 0.330. The molecule has 32 heavy (non-hydrogen) atoms. The summed E-state index contributed by atoms with van der Waals surface area (Å²) < 4.78 is 0. The molecule has 0 amide bonds. The van der Waals surface area contributed by atoms with Gasteiger partial charge in [-0.3, -0.25) is 0 Å². The molecule has 0 nitrogen and oxygen atoms in total. The van der Waals surface area contributed by atoms with E-state index in [1.807, 2.05) is 0 Å². The van der Waals surface area contributed by atoms with E-state index in [2.05, 4.69) is 86.7 Å². The molecule has 1 aromatic rings. The minimum absolute atomic E-state index is 0. The van der Waals surface area contributed by atoms with Crippen molar-refractivity contribution in [2.75, 3.05) is 0 Å². The van der Waals surface area contributed by atoms with Crippen LogP contribution in [0.4, 0.5) is 0 Å². The van der Waals surface area contributed by atoms with E-state index in [1.54, 1.807) is 11.1 Å². The molecule has 3 heteroatoms. The zero-order chi connectivity index (χ0) is 21.1. The Morgan fingerprint density at radius 3 is 1.81 bits per heavy atom. The summed E-state index contributed by atoms with van der Waals surface area (Å²) in [6.07, 6.45) is 23.0. The molecular weight excluding hydrogens is 510 g/mol. The normalized spacial score (nSPS) is 33.3. The first-order chi connectivity index (χ1) is 14.6. The third-order valence-electron chi connectivity index (χ3n) is 7.86. The number of allylic oxidation sites excluding steroid dienone is 8. The first-order valence-electron chi connectivity index (χ1n) is 11.4. The van der Waals surface area contributed by atoms with Crippen LogP contribution >= 0.6 is 17.0 Å². The zero-order valence-electron chi connectivity index (χ0n) is 19.9. The minimum atomic E-state index is -0.826. The molecule has 0 N–H and O–H groups in total. The van der Waals surface area contributed by atoms with E-state index >= 15 is 0 Å². The van der Waals surface area contributed by atoms with Crippen molar-refractivity contribution < 1.29 is 20.8 Å². The van der Waals surface area contributed by atoms with Gasteiger partial charge in [-0.15, -0.1) is 0 Å². The molecule has 2 fully saturated rings. The van der Waals surface area contributed by atoms with Crippen molar-refractivity contribution in [1.82, 2.24) is 0 Å². The molecule has 6 unspecified atom stereocenters. The van der Waals surface area contributed by atoms with E-state index in [9.17, 15) is 0 Å². The summed E-state index contributed by atoms with van der Waals surface area (Å²) in [5.74, 6) is 5.86. The number of fused-ring (bicyclic) bond motifs is 2. The second kappa shape index (κ2) is 12.9. The van der Waals surface area contributed by atoms with Crippen molar-refractivity contribution in [3.8, 4) is 0 Å². The summed E-state index contributed by atoms with van der Waals surface area (Å²) in [6.45, 7) is 4.87. The van der Waals surface area contributed by atoms with Crippen LogP contribution in [0.5, 0.6) is 0 Å². The van der Waals surface area contributed by atoms with E-state index in [4.69, 9.17) is 17.0 Å². The van der Waals surface area contributed by atoms with Crippen molar-refractivity contribution in [2.45, 2.75) is 44.9 Å². The van der Waals surface area contributed by atoms with Crippen molar-refractivity contribution in [3.63, 3.8) is 0 Å². The number of halogens is 2. The third kappa shape index (κ3) is 5.82. The van der Waals surface area contributed by atoms with Crippen LogP contribution in [0.3, 0.4) is 0 Å². The Labute approximate surface area is 215 Å². The molecule has 0 saturated heterocycles. The van der Waals surface area contributed by atoms with Gasteiger partial charge in [-0.1, -0.05) is 86.7 Å². The summed E-state index contributed by atoms with van der Waals surface area (Å²) >= 11 is -0.826. The van der Waals surface area contributed by atoms with Gasteiger partial charge in [0.05, 0.1) is 0 Å². The maximum atomic E-state index is 4.93. The second-order valence-corrected chi connectivity index (χ2v) is 13.4. The van der Waals surface area contributed by atoms with Crippen LogP contribution in [0.1, 0.15) is 56.1 Å². The van der Waals surface area contributed by atoms with E-state index in [1.165, 1.54) is 19.3 Å². The van der Waals surface area contributed by atoms with Gasteiger partial charge in [-0.25, -0.2) is 0 Å². The van der Waals surface area contributed by atoms with Gasteiger partial charge in [0.1, 0.15) is 0 Å². The summed E-state index contributed by atoms with van der Waals surface area (Å²) in [4.78, 5) is 0. The molecule has 0 radical (unpaired) electrons. The summed E-state index contributed by atoms with van der Waals surface area (Å²) in [5.41, 5.74) is 3.33. The van der Waals surface area contributed by atoms with Crippen molar-refractivity contribution >= 4 is 17.0 Å². The molecule has 0 spiro atoms. The fourth-order valence-corrected chi connectivity index (χ4v) is 6.56. The Hall–Kier alpha value is -0.357. The molecule has 4 aliphatic rings. The standard InChI is InChI=1S/C27H32.2CH3.2ClH.Zr/c1-18(2)26-17-21-11-5-6-13-24(21)27(26)25-14-8-7-12-23(25)22-15-19-9-3-4-10-20(19)16-22;;;;;/h3-14,18-22,24,26-27H,15-17H2,1-2H3;2*1H3;2*1H;/q;2*-1;;;+4/p-2. The van der Waals surface area contributed by atoms with Crippen LogP contribution in [0.25, 0.3) is 0 Å². The third-order valence-corrected chi connectivity index (χ3v) is 7.86. The van der Waals surface area contributed by atoms with Gasteiger partial charge < -0.3 is 14.9 Å². The van der Waals surface area contributed by atoms with Crippen LogP contribution in [0, 0.1) is 50.4 Å². The molecule has 4 aliphatic carbocycles. The van der Waals surface area contributed by atoms with Crippen molar-refractivity contribution in [1.29, 1.82) is 0 Å². The first kappa shape index (κ1) is 27.9. The predicted molar refractivity (Wildman–Crippen MR) is 139 cm³/mol. The monoisotopic (exact) mass is 546 g/mol. The number of rotatable bonds is 3. The Balaban J connectivity index is 0.000000690. The van der Waals surface area contributed by atoms with Crippen molar-refractivity contribution in [3.05, 3.63) is 98.9 Å². The van der Waals surface area contributed by atoms with Crippen LogP contribution in [0.15, 0.2) is 72.9 Å². The van der Waals surface area contributed by atoms with Gasteiger partial charge in [-0.05, 0) is 77.7 Å². The summed E-state index contributed by atoms with van der Waals surface area (Å²) in [6, 6.07) is 9.49. The van der Waals surface area contributed by atoms with Gasteiger partial charge in [-0.2, -0.15) is 0 Å². The average molecular weight is 549 g/mol. The molecule has 1 aromatic carbocycles. The van der Waals surface area contributed by atoms with Gasteiger partial charge in [0, 0.05) is 0 Å². The molecule has 0 bridgehead atoms. The maximum absolute atomic E-state index is 4.93. The summed E-state index contributed by atoms with van der Waals surface area (Å²) in [7, 11) is 9.87. The molecule has 5 rings (SSSR count). The van der Waals surface area contributed by atoms with Crippen LogP contribution in [-0.4, -0.2) is 0 Å². The molecule has 0 aliphatic heterocycles. The van der Waals surface area contributed by atoms with Crippen LogP contribution < -0.4 is 0 Å². The molecule has 2 saturated carbocycles. The fraction of sp³-hybridized carbons (Fsp3) is 0.448. The van der Waals surface area contributed by atoms with Gasteiger partial charge in [0.2, 0.25) is 0 Å². The number of hydrogen-bond donors (Lipinski definition) is 0. The number of hydrogen-bond acceptors (Lipinski definition) is 0. The van der Waals surface area contributed by atoms with Crippen molar-refractivity contribution in [2.24, 2.45) is 35.5 Å². The molecule has 172 valence electrons. The Morgan fingerprint density at radius 1 is 0.750 bits per heavy atom. The number of benzene rings is 1. The van der Waals surface area contributed by atoms with Crippen LogP contribution in [0.2, 0.25) is 0 Å². The Morgan fingerprint density at radius 2 is 1.25 bits per heavy atom. The van der Waals surface area contributed by atoms with E-state index in [0.29, 0.717) is 11.8 Å². The topological polar surface area (TPSA) is 0 Å². The van der Waals surface area contributed by atoms with E-state index in [0.717, 1.165) is 35.5 Å². The van der Waals surface area contributed by atoms with E-state index < -0.39 is 20.8 Å². The van der Waals surface area contributed by atoms with Gasteiger partial charge in [0.15, 0.2) is 0 Å². The SMILES string of the molecule is CC(C)C1CC2C=CC=CC2C1c1ccccc1C1CC2C=CC=CC2C1.[CH3-].[CH3-].[Cl][Zr+2][Cl]. The molecule has 0 aromatic heterocycles. The van der Waals surface area contributed by atoms with Gasteiger partial charge >= 0.3 is 37.9 Å². The molecule has 6 atom stereocenters. The fourth-order valence-electron chi connectivity index (χ4n) is 6.56. The van der Waals surface area contributed by atoms with E-state index in [-0.39, 0.29) is 14.9 Å². The van der Waals surface area contributed by atoms with Crippen LogP contribution in [-0.2, 0) is 20.8 Å². The molecule has 0 heterocycles. The molecular formula is C29H38Cl2Zr.